The van der Waals surface area contributed by atoms with Crippen molar-refractivity contribution in [2.75, 3.05) is 11.9 Å². The van der Waals surface area contributed by atoms with E-state index in [9.17, 15) is 9.59 Å². The molecule has 2 aromatic heterocycles. The van der Waals surface area contributed by atoms with Crippen LogP contribution in [0.1, 0.15) is 44.1 Å². The van der Waals surface area contributed by atoms with E-state index in [-0.39, 0.29) is 29.4 Å². The molecule has 2 heterocycles. The van der Waals surface area contributed by atoms with Crippen LogP contribution in [-0.4, -0.2) is 26.6 Å². The smallest absolute Gasteiger partial charge is 0.330 e. The fourth-order valence-electron chi connectivity index (χ4n) is 4.29. The third-order valence-electron chi connectivity index (χ3n) is 5.91. The third-order valence-corrected chi connectivity index (χ3v) is 5.91. The predicted molar refractivity (Wildman–Crippen MR) is 120 cm³/mol. The van der Waals surface area contributed by atoms with Crippen LogP contribution in [0, 0.1) is 5.41 Å². The van der Waals surface area contributed by atoms with Crippen LogP contribution < -0.4 is 16.7 Å². The number of pyridine rings is 1. The van der Waals surface area contributed by atoms with Crippen LogP contribution in [0.3, 0.4) is 0 Å². The van der Waals surface area contributed by atoms with E-state index in [0.717, 1.165) is 36.9 Å². The Morgan fingerprint density at radius 3 is 2.67 bits per heavy atom. The Balaban J connectivity index is 0.00000256. The van der Waals surface area contributed by atoms with Gasteiger partial charge < -0.3 is 11.1 Å². The Labute approximate surface area is 181 Å². The molecule has 0 atom stereocenters. The van der Waals surface area contributed by atoms with Crippen LogP contribution in [0.2, 0.25) is 0 Å². The summed E-state index contributed by atoms with van der Waals surface area (Å²) in [5, 5.41) is 7.37. The summed E-state index contributed by atoms with van der Waals surface area (Å²) >= 11 is 0. The molecular weight excluding hydrogens is 402 g/mol. The second-order valence-electron chi connectivity index (χ2n) is 8.06. The number of carbonyl (C=O) groups excluding carboxylic acids is 1. The standard InChI is InChI=1S/C22H27N5O2.ClH/c23-16-22(10-3-1-4-11-22)14-20(28)24-18-8-6-7-17(13-18)15-27-21(29)26-12-5-2-9-19(26)25-27;/h2,5-9,12-13H,1,3-4,10-11,14-16,23H2,(H,24,28);1H. The minimum absolute atomic E-state index is 0. The SMILES string of the molecule is Cl.NCC1(CC(=O)Nc2cccc(Cn3nc4ccccn4c3=O)c2)CCCCC1. The summed E-state index contributed by atoms with van der Waals surface area (Å²) in [5.41, 5.74) is 8.01. The molecule has 160 valence electrons. The Kier molecular flexibility index (Phi) is 6.95. The minimum atomic E-state index is -0.183. The van der Waals surface area contributed by atoms with E-state index in [1.54, 1.807) is 18.3 Å². The van der Waals surface area contributed by atoms with Crippen molar-refractivity contribution in [3.05, 3.63) is 64.7 Å². The van der Waals surface area contributed by atoms with E-state index in [2.05, 4.69) is 10.4 Å². The van der Waals surface area contributed by atoms with Crippen LogP contribution in [0.15, 0.2) is 53.5 Å². The highest BCUT2D eigenvalue weighted by atomic mass is 35.5. The quantitative estimate of drug-likeness (QED) is 0.629. The highest BCUT2D eigenvalue weighted by Crippen LogP contribution is 2.38. The molecule has 1 saturated carbocycles. The normalized spacial score (nSPS) is 15.5. The minimum Gasteiger partial charge on any atom is -0.330 e. The summed E-state index contributed by atoms with van der Waals surface area (Å²) in [7, 11) is 0. The number of nitrogens with zero attached hydrogens (tertiary/aromatic N) is 3. The number of fused-ring (bicyclic) bond motifs is 1. The molecule has 1 aromatic carbocycles. The molecule has 1 aliphatic rings. The van der Waals surface area contributed by atoms with Crippen molar-refractivity contribution in [3.8, 4) is 0 Å². The zero-order chi connectivity index (χ0) is 20.3. The highest BCUT2D eigenvalue weighted by molar-refractivity contribution is 5.91. The number of hydrogen-bond acceptors (Lipinski definition) is 4. The first kappa shape index (κ1) is 22.1. The van der Waals surface area contributed by atoms with Crippen LogP contribution in [0.4, 0.5) is 5.69 Å². The van der Waals surface area contributed by atoms with Gasteiger partial charge in [-0.05, 0) is 54.6 Å². The number of anilines is 1. The second kappa shape index (κ2) is 9.45. The van der Waals surface area contributed by atoms with Gasteiger partial charge in [0.1, 0.15) is 0 Å². The molecule has 30 heavy (non-hydrogen) atoms. The summed E-state index contributed by atoms with van der Waals surface area (Å²) in [6.07, 6.45) is 7.73. The molecule has 4 rings (SSSR count). The Bertz CT molecular complexity index is 1070. The third kappa shape index (κ3) is 4.74. The Morgan fingerprint density at radius 1 is 1.13 bits per heavy atom. The van der Waals surface area contributed by atoms with Gasteiger partial charge in [-0.3, -0.25) is 9.20 Å². The number of carbonyl (C=O) groups is 1. The van der Waals surface area contributed by atoms with Crippen LogP contribution in [0.25, 0.3) is 5.65 Å². The van der Waals surface area contributed by atoms with Crippen molar-refractivity contribution in [2.45, 2.75) is 45.1 Å². The lowest BCUT2D eigenvalue weighted by Gasteiger charge is -2.35. The van der Waals surface area contributed by atoms with Crippen molar-refractivity contribution in [2.24, 2.45) is 11.1 Å². The summed E-state index contributed by atoms with van der Waals surface area (Å²) in [6, 6.07) is 13.0. The molecular formula is C22H28ClN5O2. The first-order valence-corrected chi connectivity index (χ1v) is 10.2. The van der Waals surface area contributed by atoms with Crippen molar-refractivity contribution < 1.29 is 4.79 Å². The van der Waals surface area contributed by atoms with Gasteiger partial charge in [0.25, 0.3) is 0 Å². The monoisotopic (exact) mass is 429 g/mol. The molecule has 0 bridgehead atoms. The van der Waals surface area contributed by atoms with E-state index >= 15 is 0 Å². The number of aromatic nitrogens is 3. The molecule has 1 amide bonds. The molecule has 3 N–H and O–H groups in total. The number of rotatable bonds is 6. The van der Waals surface area contributed by atoms with Gasteiger partial charge in [0.15, 0.2) is 5.65 Å². The average Bonchev–Trinajstić information content (AvgIpc) is 3.04. The van der Waals surface area contributed by atoms with Gasteiger partial charge in [0.05, 0.1) is 6.54 Å². The average molecular weight is 430 g/mol. The van der Waals surface area contributed by atoms with Gasteiger partial charge in [-0.25, -0.2) is 9.48 Å². The summed E-state index contributed by atoms with van der Waals surface area (Å²) in [5.74, 6) is -0.000558. The van der Waals surface area contributed by atoms with E-state index in [4.69, 9.17) is 5.73 Å². The van der Waals surface area contributed by atoms with E-state index < -0.39 is 0 Å². The lowest BCUT2D eigenvalue weighted by Crippen LogP contribution is -2.36. The molecule has 1 fully saturated rings. The molecule has 0 spiro atoms. The Morgan fingerprint density at radius 2 is 1.93 bits per heavy atom. The lowest BCUT2D eigenvalue weighted by molar-refractivity contribution is -0.118. The first-order valence-electron chi connectivity index (χ1n) is 10.2. The van der Waals surface area contributed by atoms with Gasteiger partial charge >= 0.3 is 5.69 Å². The summed E-state index contributed by atoms with van der Waals surface area (Å²) in [4.78, 5) is 25.1. The first-order chi connectivity index (χ1) is 14.1. The largest absolute Gasteiger partial charge is 0.350 e. The maximum absolute atomic E-state index is 12.6. The topological polar surface area (TPSA) is 94.4 Å². The number of nitrogens with two attached hydrogens (primary N) is 1. The van der Waals surface area contributed by atoms with E-state index in [1.807, 2.05) is 30.3 Å². The van der Waals surface area contributed by atoms with Gasteiger partial charge in [-0.2, -0.15) is 0 Å². The molecule has 7 nitrogen and oxygen atoms in total. The van der Waals surface area contributed by atoms with Gasteiger partial charge in [0.2, 0.25) is 5.91 Å². The van der Waals surface area contributed by atoms with Gasteiger partial charge in [-0.15, -0.1) is 17.5 Å². The molecule has 0 saturated heterocycles. The molecule has 8 heteroatoms. The predicted octanol–water partition coefficient (Wildman–Crippen LogP) is 3.20. The van der Waals surface area contributed by atoms with Crippen LogP contribution in [-0.2, 0) is 11.3 Å². The highest BCUT2D eigenvalue weighted by Gasteiger charge is 2.32. The van der Waals surface area contributed by atoms with Crippen molar-refractivity contribution in [3.63, 3.8) is 0 Å². The fraction of sp³-hybridized carbons (Fsp3) is 0.409. The summed E-state index contributed by atoms with van der Waals surface area (Å²) in [6.45, 7) is 0.897. The number of nitrogens with one attached hydrogen (secondary N) is 1. The van der Waals surface area contributed by atoms with Crippen molar-refractivity contribution in [1.82, 2.24) is 14.2 Å². The number of amides is 1. The molecule has 0 radical (unpaired) electrons. The van der Waals surface area contributed by atoms with Gasteiger partial charge in [-0.1, -0.05) is 37.5 Å². The number of hydrogen-bond donors (Lipinski definition) is 2. The number of benzene rings is 1. The lowest BCUT2D eigenvalue weighted by atomic mass is 9.71. The molecule has 3 aromatic rings. The van der Waals surface area contributed by atoms with Crippen LogP contribution >= 0.6 is 12.4 Å². The van der Waals surface area contributed by atoms with E-state index in [1.165, 1.54) is 15.5 Å². The van der Waals surface area contributed by atoms with Crippen molar-refractivity contribution >= 4 is 29.6 Å². The zero-order valence-corrected chi connectivity index (χ0v) is 17.7. The maximum Gasteiger partial charge on any atom is 0.350 e. The Hall–Kier alpha value is -2.64. The van der Waals surface area contributed by atoms with Crippen molar-refractivity contribution in [1.29, 1.82) is 0 Å². The van der Waals surface area contributed by atoms with Gasteiger partial charge in [0, 0.05) is 18.3 Å². The maximum atomic E-state index is 12.6. The van der Waals surface area contributed by atoms with Crippen LogP contribution in [0.5, 0.6) is 0 Å². The van der Waals surface area contributed by atoms with E-state index in [0.29, 0.717) is 25.2 Å². The zero-order valence-electron chi connectivity index (χ0n) is 16.9. The molecule has 1 aliphatic carbocycles. The second-order valence-corrected chi connectivity index (χ2v) is 8.06. The molecule has 0 aliphatic heterocycles. The fourth-order valence-corrected chi connectivity index (χ4v) is 4.29. The summed E-state index contributed by atoms with van der Waals surface area (Å²) < 4.78 is 2.95. The number of halogens is 1. The molecule has 0 unspecified atom stereocenters.